The lowest BCUT2D eigenvalue weighted by Gasteiger charge is -2.19. The van der Waals surface area contributed by atoms with Crippen molar-refractivity contribution in [3.05, 3.63) is 67.5 Å². The summed E-state index contributed by atoms with van der Waals surface area (Å²) < 4.78 is 14.2. The molecule has 0 saturated heterocycles. The number of methoxy groups -OCH3 is 1. The topological polar surface area (TPSA) is 95.7 Å². The monoisotopic (exact) mass is 484 g/mol. The third-order valence-corrected chi connectivity index (χ3v) is 6.96. The molecule has 0 aliphatic carbocycles. The van der Waals surface area contributed by atoms with Gasteiger partial charge in [0, 0.05) is 51.1 Å². The van der Waals surface area contributed by atoms with E-state index < -0.39 is 5.97 Å². The first-order valence-electron chi connectivity index (χ1n) is 11.2. The standard InChI is InChI=1S/C24H28N4O5S/c1-16-7-12-34-22(16)23(30)27-8-6-18-21(24(31)32-3)19(13-20(29)28(18)10-9-27)33-11-4-5-17-14-25-26(2)15-17/h7,12-15H,4-6,8-11H2,1-3H3. The summed E-state index contributed by atoms with van der Waals surface area (Å²) in [5.74, 6) is -0.386. The van der Waals surface area contributed by atoms with Crippen LogP contribution in [0, 0.1) is 6.92 Å². The molecule has 3 aromatic heterocycles. The van der Waals surface area contributed by atoms with Crippen LogP contribution in [0.3, 0.4) is 0 Å². The maximum atomic E-state index is 13.0. The molecule has 1 aliphatic rings. The first kappa shape index (κ1) is 23.7. The Morgan fingerprint density at radius 3 is 2.74 bits per heavy atom. The van der Waals surface area contributed by atoms with Gasteiger partial charge >= 0.3 is 5.97 Å². The van der Waals surface area contributed by atoms with Gasteiger partial charge in [-0.15, -0.1) is 11.3 Å². The number of ether oxygens (including phenoxy) is 2. The molecule has 9 nitrogen and oxygen atoms in total. The van der Waals surface area contributed by atoms with E-state index in [0.29, 0.717) is 49.7 Å². The zero-order valence-electron chi connectivity index (χ0n) is 19.6. The van der Waals surface area contributed by atoms with Gasteiger partial charge in [-0.25, -0.2) is 4.79 Å². The number of fused-ring (bicyclic) bond motifs is 1. The lowest BCUT2D eigenvalue weighted by molar-refractivity contribution is 0.0593. The van der Waals surface area contributed by atoms with Gasteiger partial charge in [0.05, 0.1) is 24.8 Å². The van der Waals surface area contributed by atoms with E-state index in [1.807, 2.05) is 31.6 Å². The van der Waals surface area contributed by atoms with E-state index in [1.54, 1.807) is 20.3 Å². The van der Waals surface area contributed by atoms with Crippen LogP contribution in [0.5, 0.6) is 5.75 Å². The number of thiophene rings is 1. The van der Waals surface area contributed by atoms with Crippen molar-refractivity contribution in [2.24, 2.45) is 7.05 Å². The summed E-state index contributed by atoms with van der Waals surface area (Å²) in [6, 6.07) is 3.27. The molecule has 4 heterocycles. The Morgan fingerprint density at radius 2 is 2.06 bits per heavy atom. The number of rotatable bonds is 7. The van der Waals surface area contributed by atoms with Gasteiger partial charge in [-0.3, -0.25) is 14.3 Å². The quantitative estimate of drug-likeness (QED) is 0.378. The molecule has 0 atom stereocenters. The number of aryl methyl sites for hydroxylation is 3. The Hall–Kier alpha value is -3.40. The number of carbonyl (C=O) groups is 2. The van der Waals surface area contributed by atoms with Crippen molar-refractivity contribution in [1.29, 1.82) is 0 Å². The Kier molecular flexibility index (Phi) is 7.16. The molecule has 1 aliphatic heterocycles. The van der Waals surface area contributed by atoms with Crippen molar-refractivity contribution in [3.63, 3.8) is 0 Å². The van der Waals surface area contributed by atoms with Crippen LogP contribution in [0.15, 0.2) is 34.7 Å². The average Bonchev–Trinajstić information content (AvgIpc) is 3.37. The first-order chi connectivity index (χ1) is 16.4. The summed E-state index contributed by atoms with van der Waals surface area (Å²) in [5, 5.41) is 6.05. The van der Waals surface area contributed by atoms with Crippen LogP contribution in [0.25, 0.3) is 0 Å². The molecule has 1 amide bonds. The molecule has 0 N–H and O–H groups in total. The van der Waals surface area contributed by atoms with E-state index in [2.05, 4.69) is 5.10 Å². The van der Waals surface area contributed by atoms with Crippen LogP contribution in [-0.2, 0) is 31.2 Å². The lowest BCUT2D eigenvalue weighted by atomic mass is 10.1. The highest BCUT2D eigenvalue weighted by atomic mass is 32.1. The fourth-order valence-electron chi connectivity index (χ4n) is 4.18. The maximum absolute atomic E-state index is 13.0. The smallest absolute Gasteiger partial charge is 0.343 e. The highest BCUT2D eigenvalue weighted by Crippen LogP contribution is 2.25. The van der Waals surface area contributed by atoms with E-state index in [4.69, 9.17) is 9.47 Å². The highest BCUT2D eigenvalue weighted by Gasteiger charge is 2.28. The molecule has 0 bridgehead atoms. The van der Waals surface area contributed by atoms with Crippen LogP contribution < -0.4 is 10.3 Å². The first-order valence-corrected chi connectivity index (χ1v) is 12.1. The number of hydrogen-bond acceptors (Lipinski definition) is 7. The molecule has 10 heteroatoms. The van der Waals surface area contributed by atoms with E-state index in [-0.39, 0.29) is 22.8 Å². The second kappa shape index (κ2) is 10.3. The summed E-state index contributed by atoms with van der Waals surface area (Å²) in [7, 11) is 3.17. The predicted octanol–water partition coefficient (Wildman–Crippen LogP) is 2.45. The molecule has 0 fully saturated rings. The van der Waals surface area contributed by atoms with Crippen molar-refractivity contribution >= 4 is 23.2 Å². The molecule has 34 heavy (non-hydrogen) atoms. The SMILES string of the molecule is COC(=O)c1c(OCCCc2cnn(C)c2)cc(=O)n2c1CCN(C(=O)c1sccc1C)CC2. The number of amides is 1. The van der Waals surface area contributed by atoms with E-state index in [1.165, 1.54) is 24.5 Å². The number of aromatic nitrogens is 3. The third-order valence-electron chi connectivity index (χ3n) is 5.95. The van der Waals surface area contributed by atoms with Gasteiger partial charge in [0.2, 0.25) is 0 Å². The Balaban J connectivity index is 1.54. The largest absolute Gasteiger partial charge is 0.492 e. The van der Waals surface area contributed by atoms with Gasteiger partial charge in [-0.05, 0) is 42.3 Å². The molecule has 3 aromatic rings. The van der Waals surface area contributed by atoms with Crippen molar-refractivity contribution in [2.45, 2.75) is 32.7 Å². The number of esters is 1. The molecule has 180 valence electrons. The van der Waals surface area contributed by atoms with Gasteiger partial charge < -0.3 is 18.9 Å². The molecule has 0 unspecified atom stereocenters. The third kappa shape index (κ3) is 4.91. The number of hydrogen-bond donors (Lipinski definition) is 0. The molecule has 0 saturated carbocycles. The van der Waals surface area contributed by atoms with Gasteiger partial charge in [-0.2, -0.15) is 5.10 Å². The summed E-state index contributed by atoms with van der Waals surface area (Å²) in [5.41, 5.74) is 2.56. The lowest BCUT2D eigenvalue weighted by Crippen LogP contribution is -2.34. The zero-order valence-corrected chi connectivity index (χ0v) is 20.4. The van der Waals surface area contributed by atoms with Crippen molar-refractivity contribution in [2.75, 3.05) is 26.8 Å². The Bertz CT molecular complexity index is 1260. The fraction of sp³-hybridized carbons (Fsp3) is 0.417. The molecular weight excluding hydrogens is 456 g/mol. The van der Waals surface area contributed by atoms with E-state index in [9.17, 15) is 14.4 Å². The average molecular weight is 485 g/mol. The van der Waals surface area contributed by atoms with Gasteiger partial charge in [0.15, 0.2) is 0 Å². The summed E-state index contributed by atoms with van der Waals surface area (Å²) in [6.45, 7) is 3.33. The maximum Gasteiger partial charge on any atom is 0.343 e. The van der Waals surface area contributed by atoms with E-state index in [0.717, 1.165) is 17.5 Å². The minimum atomic E-state index is -0.556. The highest BCUT2D eigenvalue weighted by molar-refractivity contribution is 7.12. The van der Waals surface area contributed by atoms with Crippen molar-refractivity contribution < 1.29 is 19.1 Å². The van der Waals surface area contributed by atoms with Gasteiger partial charge in [0.25, 0.3) is 11.5 Å². The van der Waals surface area contributed by atoms with Crippen molar-refractivity contribution in [1.82, 2.24) is 19.2 Å². The van der Waals surface area contributed by atoms with Crippen LogP contribution in [-0.4, -0.2) is 57.9 Å². The second-order valence-electron chi connectivity index (χ2n) is 8.26. The molecule has 0 radical (unpaired) electrons. The summed E-state index contributed by atoms with van der Waals surface area (Å²) in [4.78, 5) is 41.1. The molecule has 4 rings (SSSR count). The van der Waals surface area contributed by atoms with Crippen LogP contribution in [0.1, 0.15) is 43.3 Å². The Labute approximate surface area is 201 Å². The summed E-state index contributed by atoms with van der Waals surface area (Å²) in [6.07, 6.45) is 5.57. The zero-order chi connectivity index (χ0) is 24.2. The Morgan fingerprint density at radius 1 is 1.24 bits per heavy atom. The predicted molar refractivity (Wildman–Crippen MR) is 128 cm³/mol. The molecular formula is C24H28N4O5S. The van der Waals surface area contributed by atoms with Crippen LogP contribution >= 0.6 is 11.3 Å². The van der Waals surface area contributed by atoms with Gasteiger partial charge in [-0.1, -0.05) is 0 Å². The molecule has 0 aromatic carbocycles. The normalized spacial score (nSPS) is 13.3. The van der Waals surface area contributed by atoms with Crippen molar-refractivity contribution in [3.8, 4) is 5.75 Å². The summed E-state index contributed by atoms with van der Waals surface area (Å²) >= 11 is 1.41. The van der Waals surface area contributed by atoms with Crippen LogP contribution in [0.4, 0.5) is 0 Å². The number of pyridine rings is 1. The number of nitrogens with zero attached hydrogens (tertiary/aromatic N) is 4. The molecule has 0 spiro atoms. The van der Waals surface area contributed by atoms with Crippen LogP contribution in [0.2, 0.25) is 0 Å². The minimum Gasteiger partial charge on any atom is -0.492 e. The number of carbonyl (C=O) groups excluding carboxylic acids is 2. The fourth-order valence-corrected chi connectivity index (χ4v) is 5.08. The van der Waals surface area contributed by atoms with E-state index >= 15 is 0 Å². The van der Waals surface area contributed by atoms with Gasteiger partial charge in [0.1, 0.15) is 11.3 Å². The minimum absolute atomic E-state index is 0.0557. The second-order valence-corrected chi connectivity index (χ2v) is 9.18.